The normalized spacial score (nSPS) is 13.3. The molecule has 0 aromatic heterocycles. The fourth-order valence-corrected chi connectivity index (χ4v) is 1.51. The summed E-state index contributed by atoms with van der Waals surface area (Å²) in [6.07, 6.45) is 0. The Morgan fingerprint density at radius 1 is 1.11 bits per heavy atom. The summed E-state index contributed by atoms with van der Waals surface area (Å²) >= 11 is 0. The van der Waals surface area contributed by atoms with E-state index in [1.165, 1.54) is 13.8 Å². The van der Waals surface area contributed by atoms with Crippen LogP contribution in [0.3, 0.4) is 0 Å². The molecule has 0 aromatic carbocycles. The van der Waals surface area contributed by atoms with Crippen LogP contribution in [0.25, 0.3) is 0 Å². The maximum atomic E-state index is 11.9. The second kappa shape index (κ2) is 7.56. The highest BCUT2D eigenvalue weighted by molar-refractivity contribution is 6.02. The van der Waals surface area contributed by atoms with E-state index in [9.17, 15) is 14.4 Å². The van der Waals surface area contributed by atoms with E-state index >= 15 is 0 Å². The molecule has 0 radical (unpaired) electrons. The Morgan fingerprint density at radius 3 is 1.95 bits per heavy atom. The second-order valence-corrected chi connectivity index (χ2v) is 4.26. The van der Waals surface area contributed by atoms with Crippen molar-refractivity contribution in [1.29, 1.82) is 0 Å². The third kappa shape index (κ3) is 4.73. The molecule has 0 aliphatic carbocycles. The molecule has 108 valence electrons. The number of likely N-dealkylation sites (N-methyl/N-ethyl adjacent to an activating group) is 1. The summed E-state index contributed by atoms with van der Waals surface area (Å²) in [4.78, 5) is 36.1. The summed E-state index contributed by atoms with van der Waals surface area (Å²) in [5, 5.41) is 11.3. The number of hydrogen-bond acceptors (Lipinski definition) is 3. The average molecular weight is 270 g/mol. The lowest BCUT2D eigenvalue weighted by molar-refractivity contribution is -0.135. The van der Waals surface area contributed by atoms with Crippen molar-refractivity contribution in [3.8, 4) is 0 Å². The Hall–Kier alpha value is -1.85. The van der Waals surface area contributed by atoms with Gasteiger partial charge in [0.2, 0.25) is 11.8 Å². The Balaban J connectivity index is 4.79. The standard InChI is InChI=1S/C13H22N2O4/c1-6-15(7-2)12(17)10(5)14-11(16)8(3)9(4)13(18)19/h10H,6-7H2,1-5H3,(H,14,16)(H,18,19). The molecule has 0 fully saturated rings. The van der Waals surface area contributed by atoms with E-state index in [4.69, 9.17) is 5.11 Å². The molecule has 0 heterocycles. The summed E-state index contributed by atoms with van der Waals surface area (Å²) in [5.41, 5.74) is 0.0756. The lowest BCUT2D eigenvalue weighted by Gasteiger charge is -2.23. The number of hydrogen-bond donors (Lipinski definition) is 2. The van der Waals surface area contributed by atoms with Crippen LogP contribution in [0, 0.1) is 0 Å². The molecule has 19 heavy (non-hydrogen) atoms. The summed E-state index contributed by atoms with van der Waals surface area (Å²) in [5.74, 6) is -1.86. The number of aliphatic carboxylic acids is 1. The van der Waals surface area contributed by atoms with Gasteiger partial charge in [-0.2, -0.15) is 0 Å². The van der Waals surface area contributed by atoms with Crippen LogP contribution in [0.2, 0.25) is 0 Å². The minimum absolute atomic E-state index is 0.0278. The molecule has 0 bridgehead atoms. The van der Waals surface area contributed by atoms with E-state index in [0.29, 0.717) is 13.1 Å². The van der Waals surface area contributed by atoms with Crippen molar-refractivity contribution in [2.45, 2.75) is 40.7 Å². The van der Waals surface area contributed by atoms with Crippen molar-refractivity contribution < 1.29 is 19.5 Å². The Morgan fingerprint density at radius 2 is 1.58 bits per heavy atom. The molecular weight excluding hydrogens is 248 g/mol. The summed E-state index contributed by atoms with van der Waals surface area (Å²) in [6.45, 7) is 9.21. The third-order valence-corrected chi connectivity index (χ3v) is 3.02. The second-order valence-electron chi connectivity index (χ2n) is 4.26. The first kappa shape index (κ1) is 17.2. The van der Waals surface area contributed by atoms with Gasteiger partial charge in [-0.1, -0.05) is 0 Å². The summed E-state index contributed by atoms with van der Waals surface area (Å²) < 4.78 is 0. The van der Waals surface area contributed by atoms with Crippen LogP contribution >= 0.6 is 0 Å². The van der Waals surface area contributed by atoms with E-state index in [2.05, 4.69) is 5.32 Å². The predicted molar refractivity (Wildman–Crippen MR) is 71.5 cm³/mol. The van der Waals surface area contributed by atoms with Crippen LogP contribution in [-0.4, -0.2) is 46.9 Å². The lowest BCUT2D eigenvalue weighted by Crippen LogP contribution is -2.47. The average Bonchev–Trinajstić information content (AvgIpc) is 2.37. The molecule has 6 nitrogen and oxygen atoms in total. The van der Waals surface area contributed by atoms with Crippen molar-refractivity contribution in [1.82, 2.24) is 10.2 Å². The predicted octanol–water partition coefficient (Wildman–Crippen LogP) is 0.780. The fourth-order valence-electron chi connectivity index (χ4n) is 1.51. The van der Waals surface area contributed by atoms with Gasteiger partial charge in [0.1, 0.15) is 6.04 Å². The molecule has 0 aliphatic heterocycles. The molecule has 0 saturated heterocycles. The van der Waals surface area contributed by atoms with Crippen molar-refractivity contribution in [2.75, 3.05) is 13.1 Å². The molecule has 0 rings (SSSR count). The molecule has 0 saturated carbocycles. The molecule has 2 amide bonds. The Bertz CT molecular complexity index is 397. The monoisotopic (exact) mass is 270 g/mol. The van der Waals surface area contributed by atoms with Crippen LogP contribution in [-0.2, 0) is 14.4 Å². The van der Waals surface area contributed by atoms with Gasteiger partial charge in [0.05, 0.1) is 0 Å². The zero-order chi connectivity index (χ0) is 15.2. The zero-order valence-electron chi connectivity index (χ0n) is 12.1. The van der Waals surface area contributed by atoms with Crippen molar-refractivity contribution in [2.24, 2.45) is 0 Å². The van der Waals surface area contributed by atoms with Gasteiger partial charge >= 0.3 is 5.97 Å². The molecule has 1 unspecified atom stereocenters. The van der Waals surface area contributed by atoms with Crippen LogP contribution in [0.5, 0.6) is 0 Å². The molecule has 0 spiro atoms. The smallest absolute Gasteiger partial charge is 0.331 e. The number of carboxylic acids is 1. The van der Waals surface area contributed by atoms with Crippen molar-refractivity contribution >= 4 is 17.8 Å². The van der Waals surface area contributed by atoms with E-state index in [1.807, 2.05) is 13.8 Å². The van der Waals surface area contributed by atoms with Crippen LogP contribution < -0.4 is 5.32 Å². The maximum absolute atomic E-state index is 11.9. The van der Waals surface area contributed by atoms with Crippen molar-refractivity contribution in [3.63, 3.8) is 0 Å². The number of carbonyl (C=O) groups is 3. The molecule has 1 atom stereocenters. The lowest BCUT2D eigenvalue weighted by atomic mass is 10.1. The van der Waals surface area contributed by atoms with Crippen LogP contribution in [0.4, 0.5) is 0 Å². The van der Waals surface area contributed by atoms with E-state index in [-0.39, 0.29) is 17.1 Å². The van der Waals surface area contributed by atoms with Gasteiger partial charge in [0, 0.05) is 24.2 Å². The molecule has 2 N–H and O–H groups in total. The number of carbonyl (C=O) groups excluding carboxylic acids is 2. The van der Waals surface area contributed by atoms with E-state index in [1.54, 1.807) is 11.8 Å². The number of carboxylic acid groups (broad SMARTS) is 1. The number of nitrogens with one attached hydrogen (secondary N) is 1. The van der Waals surface area contributed by atoms with E-state index < -0.39 is 17.9 Å². The van der Waals surface area contributed by atoms with Gasteiger partial charge in [-0.25, -0.2) is 4.79 Å². The highest BCUT2D eigenvalue weighted by Gasteiger charge is 2.21. The minimum atomic E-state index is -1.14. The quantitative estimate of drug-likeness (QED) is 0.698. The molecule has 0 aliphatic rings. The third-order valence-electron chi connectivity index (χ3n) is 3.02. The van der Waals surface area contributed by atoms with Crippen LogP contribution in [0.15, 0.2) is 11.1 Å². The molecular formula is C13H22N2O4. The van der Waals surface area contributed by atoms with Crippen molar-refractivity contribution in [3.05, 3.63) is 11.1 Å². The van der Waals surface area contributed by atoms with Gasteiger partial charge in [0.25, 0.3) is 0 Å². The SMILES string of the molecule is CCN(CC)C(=O)C(C)NC(=O)C(C)=C(C)C(=O)O. The highest BCUT2D eigenvalue weighted by Crippen LogP contribution is 2.04. The van der Waals surface area contributed by atoms with Gasteiger partial charge < -0.3 is 15.3 Å². The number of rotatable bonds is 6. The summed E-state index contributed by atoms with van der Waals surface area (Å²) in [6, 6.07) is -0.677. The molecule has 0 aromatic rings. The highest BCUT2D eigenvalue weighted by atomic mass is 16.4. The minimum Gasteiger partial charge on any atom is -0.478 e. The summed E-state index contributed by atoms with van der Waals surface area (Å²) in [7, 11) is 0. The van der Waals surface area contributed by atoms with Gasteiger partial charge in [-0.15, -0.1) is 0 Å². The largest absolute Gasteiger partial charge is 0.478 e. The number of amides is 2. The Labute approximate surface area is 113 Å². The fraction of sp³-hybridized carbons (Fsp3) is 0.615. The first-order chi connectivity index (χ1) is 8.76. The molecule has 6 heteroatoms. The van der Waals surface area contributed by atoms with Gasteiger partial charge in [-0.3, -0.25) is 9.59 Å². The first-order valence-corrected chi connectivity index (χ1v) is 6.26. The Kier molecular flexibility index (Phi) is 6.82. The van der Waals surface area contributed by atoms with Gasteiger partial charge in [0.15, 0.2) is 0 Å². The zero-order valence-corrected chi connectivity index (χ0v) is 12.1. The van der Waals surface area contributed by atoms with E-state index in [0.717, 1.165) is 0 Å². The van der Waals surface area contributed by atoms with Crippen LogP contribution in [0.1, 0.15) is 34.6 Å². The number of nitrogens with zero attached hydrogens (tertiary/aromatic N) is 1. The first-order valence-electron chi connectivity index (χ1n) is 6.26. The maximum Gasteiger partial charge on any atom is 0.331 e. The van der Waals surface area contributed by atoms with Gasteiger partial charge in [-0.05, 0) is 34.6 Å². The topological polar surface area (TPSA) is 86.7 Å².